The van der Waals surface area contributed by atoms with Crippen LogP contribution >= 0.6 is 0 Å². The molecule has 0 bridgehead atoms. The van der Waals surface area contributed by atoms with E-state index in [0.29, 0.717) is 32.7 Å². The number of hydrogen-bond donors (Lipinski definition) is 0. The average Bonchev–Trinajstić information content (AvgIpc) is 3.05. The predicted octanol–water partition coefficient (Wildman–Crippen LogP) is 5.56. The van der Waals surface area contributed by atoms with Crippen LogP contribution in [0.15, 0.2) is 97.6 Å². The van der Waals surface area contributed by atoms with Crippen LogP contribution in [0.25, 0.3) is 0 Å². The SMILES string of the molecule is [CH2]CCOCCCOCC[C](OOC(=O)c1ccc([Si](C)(C=C)C=C)cc1)OOC(=O)c1ccc([Si](C)(C=C)C=C)cc1. The van der Waals surface area contributed by atoms with Gasteiger partial charge in [0.2, 0.25) is 0 Å². The van der Waals surface area contributed by atoms with Crippen molar-refractivity contribution in [2.24, 2.45) is 0 Å². The fraction of sp³-hybridized carbons (Fsp3) is 0.273. The Balaban J connectivity index is 2.00. The van der Waals surface area contributed by atoms with Crippen LogP contribution in [0.5, 0.6) is 0 Å². The van der Waals surface area contributed by atoms with E-state index >= 15 is 0 Å². The van der Waals surface area contributed by atoms with Gasteiger partial charge in [-0.2, -0.15) is 0 Å². The molecule has 2 aromatic carbocycles. The molecule has 230 valence electrons. The average molecular weight is 623 g/mol. The van der Waals surface area contributed by atoms with Gasteiger partial charge in [-0.1, -0.05) is 77.5 Å². The summed E-state index contributed by atoms with van der Waals surface area (Å²) in [4.78, 5) is 45.6. The maximum absolute atomic E-state index is 12.7. The zero-order valence-electron chi connectivity index (χ0n) is 25.2. The largest absolute Gasteiger partial charge is 0.381 e. The first-order chi connectivity index (χ1) is 20.7. The Morgan fingerprint density at radius 1 is 0.628 bits per heavy atom. The molecule has 0 saturated heterocycles. The third-order valence-electron chi connectivity index (χ3n) is 6.92. The maximum Gasteiger partial charge on any atom is 0.373 e. The van der Waals surface area contributed by atoms with Gasteiger partial charge in [-0.15, -0.1) is 36.1 Å². The van der Waals surface area contributed by atoms with Crippen LogP contribution in [0, 0.1) is 13.2 Å². The van der Waals surface area contributed by atoms with Gasteiger partial charge in [0.05, 0.1) is 17.7 Å². The Morgan fingerprint density at radius 3 is 1.40 bits per heavy atom. The molecule has 10 heteroatoms. The van der Waals surface area contributed by atoms with E-state index in [-0.39, 0.29) is 30.4 Å². The van der Waals surface area contributed by atoms with Gasteiger partial charge in [0.1, 0.15) is 16.1 Å². The van der Waals surface area contributed by atoms with E-state index in [1.54, 1.807) is 24.3 Å². The van der Waals surface area contributed by atoms with Crippen molar-refractivity contribution < 1.29 is 38.6 Å². The summed E-state index contributed by atoms with van der Waals surface area (Å²) in [6.45, 7) is 25.3. The van der Waals surface area contributed by atoms with Crippen LogP contribution in [0.4, 0.5) is 0 Å². The summed E-state index contributed by atoms with van der Waals surface area (Å²) in [5.74, 6) is -1.51. The molecule has 43 heavy (non-hydrogen) atoms. The highest BCUT2D eigenvalue weighted by Crippen LogP contribution is 2.16. The smallest absolute Gasteiger partial charge is 0.373 e. The van der Waals surface area contributed by atoms with E-state index in [1.807, 2.05) is 47.1 Å². The Labute approximate surface area is 257 Å². The minimum Gasteiger partial charge on any atom is -0.381 e. The second kappa shape index (κ2) is 18.3. The van der Waals surface area contributed by atoms with E-state index in [2.05, 4.69) is 46.3 Å². The van der Waals surface area contributed by atoms with Crippen molar-refractivity contribution >= 4 is 38.5 Å². The fourth-order valence-electron chi connectivity index (χ4n) is 3.66. The van der Waals surface area contributed by atoms with Gasteiger partial charge >= 0.3 is 18.2 Å². The Hall–Kier alpha value is -3.39. The molecular formula is C33H42O8Si2. The first kappa shape index (κ1) is 35.8. The van der Waals surface area contributed by atoms with Crippen LogP contribution in [-0.2, 0) is 29.0 Å². The molecule has 0 aliphatic carbocycles. The van der Waals surface area contributed by atoms with Crippen molar-refractivity contribution in [2.45, 2.75) is 32.4 Å². The normalized spacial score (nSPS) is 11.5. The highest BCUT2D eigenvalue weighted by Gasteiger charge is 2.25. The fourth-order valence-corrected chi connectivity index (χ4v) is 6.70. The molecule has 0 aliphatic heterocycles. The van der Waals surface area contributed by atoms with Gasteiger partial charge in [0, 0.05) is 26.2 Å². The monoisotopic (exact) mass is 622 g/mol. The van der Waals surface area contributed by atoms with Crippen molar-refractivity contribution in [3.8, 4) is 0 Å². The van der Waals surface area contributed by atoms with E-state index in [1.165, 1.54) is 0 Å². The molecular weight excluding hydrogens is 581 g/mol. The van der Waals surface area contributed by atoms with E-state index in [9.17, 15) is 9.59 Å². The summed E-state index contributed by atoms with van der Waals surface area (Å²) in [7, 11) is -4.05. The zero-order chi connectivity index (χ0) is 31.7. The van der Waals surface area contributed by atoms with Gasteiger partial charge < -0.3 is 9.47 Å². The van der Waals surface area contributed by atoms with E-state index in [0.717, 1.165) is 10.4 Å². The highest BCUT2D eigenvalue weighted by atomic mass is 28.3. The van der Waals surface area contributed by atoms with Gasteiger partial charge in [0.15, 0.2) is 0 Å². The Kier molecular flexibility index (Phi) is 15.3. The molecule has 0 fully saturated rings. The molecule has 2 rings (SSSR count). The van der Waals surface area contributed by atoms with Crippen molar-refractivity contribution in [3.63, 3.8) is 0 Å². The third kappa shape index (κ3) is 11.0. The molecule has 0 N–H and O–H groups in total. The van der Waals surface area contributed by atoms with Gasteiger partial charge in [-0.25, -0.2) is 9.59 Å². The molecule has 0 amide bonds. The first-order valence-corrected chi connectivity index (χ1v) is 19.3. The predicted molar refractivity (Wildman–Crippen MR) is 173 cm³/mol. The standard InChI is InChI=1S/C33H42O8Si2/c1-8-23-36-24-13-25-37-26-22-31(38-40-32(34)27-14-18-29(19-15-27)42(6,9-2)10-3)39-41-33(35)28-16-20-30(21-17-28)43(7,11-4)12-5/h9-12,14-21H,1-5,8,13,22-26H2,6-7H3. The van der Waals surface area contributed by atoms with Crippen LogP contribution in [0.3, 0.4) is 0 Å². The second-order valence-electron chi connectivity index (χ2n) is 10.00. The molecule has 0 aliphatic rings. The topological polar surface area (TPSA) is 89.5 Å². The number of carbonyl (C=O) groups excluding carboxylic acids is 2. The lowest BCUT2D eigenvalue weighted by molar-refractivity contribution is -0.364. The highest BCUT2D eigenvalue weighted by molar-refractivity contribution is 6.99. The number of carbonyl (C=O) groups is 2. The summed E-state index contributed by atoms with van der Waals surface area (Å²) < 4.78 is 11.0. The Bertz CT molecular complexity index is 1110. The van der Waals surface area contributed by atoms with E-state index in [4.69, 9.17) is 29.0 Å². The number of ether oxygens (including phenoxy) is 2. The second-order valence-corrected chi connectivity index (χ2v) is 17.9. The summed E-state index contributed by atoms with van der Waals surface area (Å²) in [6.07, 6.45) is 1.16. The number of hydrogen-bond acceptors (Lipinski definition) is 8. The lowest BCUT2D eigenvalue weighted by Gasteiger charge is -2.19. The molecule has 2 radical (unpaired) electrons. The molecule has 0 atom stereocenters. The van der Waals surface area contributed by atoms with Gasteiger partial charge in [-0.3, -0.25) is 9.78 Å². The Morgan fingerprint density at radius 2 is 1.02 bits per heavy atom. The van der Waals surface area contributed by atoms with Crippen LogP contribution in [0.1, 0.15) is 40.0 Å². The summed E-state index contributed by atoms with van der Waals surface area (Å²) in [5.41, 5.74) is 8.15. The minimum absolute atomic E-state index is 0.0312. The number of rotatable bonds is 21. The van der Waals surface area contributed by atoms with Crippen molar-refractivity contribution in [2.75, 3.05) is 26.4 Å². The lowest BCUT2D eigenvalue weighted by atomic mass is 10.2. The quantitative estimate of drug-likeness (QED) is 0.0774. The molecule has 0 unspecified atom stereocenters. The maximum atomic E-state index is 12.7. The van der Waals surface area contributed by atoms with Crippen LogP contribution in [0.2, 0.25) is 13.1 Å². The third-order valence-corrected chi connectivity index (χ3v) is 13.5. The van der Waals surface area contributed by atoms with E-state index < -0.39 is 28.1 Å². The van der Waals surface area contributed by atoms with Gasteiger partial charge in [0.25, 0.3) is 0 Å². The van der Waals surface area contributed by atoms with Crippen molar-refractivity contribution in [3.05, 3.63) is 122 Å². The molecule has 8 nitrogen and oxygen atoms in total. The molecule has 2 aromatic rings. The minimum atomic E-state index is -2.03. The zero-order valence-corrected chi connectivity index (χ0v) is 27.2. The molecule has 0 aromatic heterocycles. The summed E-state index contributed by atoms with van der Waals surface area (Å²) >= 11 is 0. The van der Waals surface area contributed by atoms with Gasteiger partial charge in [-0.05, 0) is 37.1 Å². The summed E-state index contributed by atoms with van der Waals surface area (Å²) in [5, 5.41) is 2.08. The number of benzene rings is 2. The molecule has 0 heterocycles. The van der Waals surface area contributed by atoms with Crippen molar-refractivity contribution in [1.29, 1.82) is 0 Å². The summed E-state index contributed by atoms with van der Waals surface area (Å²) in [6, 6.07) is 13.9. The lowest BCUT2D eigenvalue weighted by Crippen LogP contribution is -2.40. The molecule has 0 spiro atoms. The van der Waals surface area contributed by atoms with Crippen LogP contribution in [-0.4, -0.2) is 54.5 Å². The molecule has 0 saturated carbocycles. The first-order valence-electron chi connectivity index (χ1n) is 14.0. The van der Waals surface area contributed by atoms with Crippen LogP contribution < -0.4 is 10.4 Å². The van der Waals surface area contributed by atoms with Crippen molar-refractivity contribution in [1.82, 2.24) is 0 Å².